The molecule has 0 radical (unpaired) electrons. The van der Waals surface area contributed by atoms with Gasteiger partial charge < -0.3 is 15.3 Å². The van der Waals surface area contributed by atoms with E-state index in [4.69, 9.17) is 16.7 Å². The highest BCUT2D eigenvalue weighted by molar-refractivity contribution is 6.33. The molecule has 0 aliphatic rings. The number of rotatable bonds is 5. The lowest BCUT2D eigenvalue weighted by atomic mass is 10.2. The summed E-state index contributed by atoms with van der Waals surface area (Å²) in [4.78, 5) is 16.7. The number of carboxylic acids is 1. The third-order valence-corrected chi connectivity index (χ3v) is 2.40. The second kappa shape index (κ2) is 5.84. The van der Waals surface area contributed by atoms with Gasteiger partial charge in [0.1, 0.15) is 5.82 Å². The Labute approximate surface area is 105 Å². The van der Waals surface area contributed by atoms with Gasteiger partial charge >= 0.3 is 5.97 Å². The standard InChI is InChI=1S/C11H16ClN3O2/c1-7(6-15(2)3)14-10-9(12)4-8(5-13-10)11(16)17/h4-5,7H,6H2,1-3H3,(H,13,14)(H,16,17). The Morgan fingerprint density at radius 3 is 2.76 bits per heavy atom. The minimum atomic E-state index is -1.03. The lowest BCUT2D eigenvalue weighted by Crippen LogP contribution is -2.30. The van der Waals surface area contributed by atoms with Crippen LogP contribution in [0.2, 0.25) is 5.02 Å². The highest BCUT2D eigenvalue weighted by Crippen LogP contribution is 2.20. The highest BCUT2D eigenvalue weighted by Gasteiger charge is 2.10. The average Bonchev–Trinajstić information content (AvgIpc) is 2.19. The fourth-order valence-electron chi connectivity index (χ4n) is 1.49. The predicted octanol–water partition coefficient (Wildman–Crippen LogP) is 1.80. The number of pyridine rings is 1. The predicted molar refractivity (Wildman–Crippen MR) is 67.8 cm³/mol. The molecule has 0 spiro atoms. The van der Waals surface area contributed by atoms with Gasteiger partial charge in [0.25, 0.3) is 0 Å². The SMILES string of the molecule is CC(CN(C)C)Nc1ncc(C(=O)O)cc1Cl. The summed E-state index contributed by atoms with van der Waals surface area (Å²) in [5, 5.41) is 12.2. The molecule has 6 heteroatoms. The van der Waals surface area contributed by atoms with Crippen LogP contribution in [0.1, 0.15) is 17.3 Å². The number of carboxylic acid groups (broad SMARTS) is 1. The first-order valence-electron chi connectivity index (χ1n) is 5.20. The van der Waals surface area contributed by atoms with Crippen LogP contribution < -0.4 is 5.32 Å². The van der Waals surface area contributed by atoms with Crippen molar-refractivity contribution in [3.8, 4) is 0 Å². The minimum absolute atomic E-state index is 0.0841. The molecule has 0 bridgehead atoms. The van der Waals surface area contributed by atoms with Crippen LogP contribution in [0, 0.1) is 0 Å². The minimum Gasteiger partial charge on any atom is -0.478 e. The van der Waals surface area contributed by atoms with Gasteiger partial charge in [-0.1, -0.05) is 11.6 Å². The molecule has 2 N–H and O–H groups in total. The summed E-state index contributed by atoms with van der Waals surface area (Å²) in [6.07, 6.45) is 1.29. The van der Waals surface area contributed by atoms with E-state index < -0.39 is 5.97 Å². The Balaban J connectivity index is 2.75. The molecule has 1 atom stereocenters. The number of aromatic nitrogens is 1. The Morgan fingerprint density at radius 2 is 2.29 bits per heavy atom. The first-order chi connectivity index (χ1) is 7.90. The fraction of sp³-hybridized carbons (Fsp3) is 0.455. The van der Waals surface area contributed by atoms with Crippen LogP contribution >= 0.6 is 11.6 Å². The number of anilines is 1. The topological polar surface area (TPSA) is 65.5 Å². The molecular formula is C11H16ClN3O2. The maximum atomic E-state index is 10.7. The van der Waals surface area contributed by atoms with Crippen LogP contribution in [0.15, 0.2) is 12.3 Å². The quantitative estimate of drug-likeness (QED) is 0.842. The molecule has 0 saturated carbocycles. The van der Waals surface area contributed by atoms with Gasteiger partial charge in [-0.05, 0) is 27.1 Å². The zero-order chi connectivity index (χ0) is 13.0. The van der Waals surface area contributed by atoms with E-state index in [9.17, 15) is 4.79 Å². The maximum absolute atomic E-state index is 10.7. The number of nitrogens with zero attached hydrogens (tertiary/aromatic N) is 2. The fourth-order valence-corrected chi connectivity index (χ4v) is 1.71. The monoisotopic (exact) mass is 257 g/mol. The summed E-state index contributed by atoms with van der Waals surface area (Å²) < 4.78 is 0. The van der Waals surface area contributed by atoms with E-state index in [1.807, 2.05) is 25.9 Å². The molecule has 0 fully saturated rings. The van der Waals surface area contributed by atoms with Crippen molar-refractivity contribution in [2.75, 3.05) is 26.0 Å². The van der Waals surface area contributed by atoms with Crippen LogP contribution in [0.3, 0.4) is 0 Å². The molecule has 1 unspecified atom stereocenters. The summed E-state index contributed by atoms with van der Waals surface area (Å²) in [5.41, 5.74) is 0.0841. The van der Waals surface area contributed by atoms with E-state index in [1.165, 1.54) is 12.3 Å². The van der Waals surface area contributed by atoms with Crippen LogP contribution in [-0.2, 0) is 0 Å². The molecule has 1 heterocycles. The molecule has 1 rings (SSSR count). The van der Waals surface area contributed by atoms with Gasteiger partial charge in [0, 0.05) is 18.8 Å². The van der Waals surface area contributed by atoms with Crippen molar-refractivity contribution in [3.05, 3.63) is 22.8 Å². The molecule has 0 amide bonds. The van der Waals surface area contributed by atoms with Crippen molar-refractivity contribution < 1.29 is 9.90 Å². The Bertz CT molecular complexity index is 410. The highest BCUT2D eigenvalue weighted by atomic mass is 35.5. The van der Waals surface area contributed by atoms with Crippen molar-refractivity contribution in [1.29, 1.82) is 0 Å². The number of halogens is 1. The lowest BCUT2D eigenvalue weighted by Gasteiger charge is -2.19. The first kappa shape index (κ1) is 13.7. The van der Waals surface area contributed by atoms with Gasteiger partial charge in [0.2, 0.25) is 0 Å². The molecule has 0 aliphatic heterocycles. The number of likely N-dealkylation sites (N-methyl/N-ethyl adjacent to an activating group) is 1. The van der Waals surface area contributed by atoms with Gasteiger partial charge in [-0.15, -0.1) is 0 Å². The maximum Gasteiger partial charge on any atom is 0.337 e. The number of aromatic carboxylic acids is 1. The van der Waals surface area contributed by atoms with E-state index in [-0.39, 0.29) is 11.6 Å². The van der Waals surface area contributed by atoms with Gasteiger partial charge in [0.15, 0.2) is 0 Å². The van der Waals surface area contributed by atoms with Gasteiger partial charge in [-0.25, -0.2) is 9.78 Å². The second-order valence-electron chi connectivity index (χ2n) is 4.17. The molecule has 0 aliphatic carbocycles. The Morgan fingerprint density at radius 1 is 1.65 bits per heavy atom. The van der Waals surface area contributed by atoms with Gasteiger partial charge in [0.05, 0.1) is 10.6 Å². The number of nitrogens with one attached hydrogen (secondary N) is 1. The summed E-state index contributed by atoms with van der Waals surface area (Å²) in [6, 6.07) is 1.56. The van der Waals surface area contributed by atoms with Crippen molar-refractivity contribution in [2.24, 2.45) is 0 Å². The first-order valence-corrected chi connectivity index (χ1v) is 5.58. The van der Waals surface area contributed by atoms with Crippen molar-refractivity contribution in [2.45, 2.75) is 13.0 Å². The zero-order valence-electron chi connectivity index (χ0n) is 10.1. The van der Waals surface area contributed by atoms with E-state index in [0.717, 1.165) is 6.54 Å². The molecule has 1 aromatic rings. The summed E-state index contributed by atoms with van der Waals surface area (Å²) in [6.45, 7) is 2.84. The van der Waals surface area contributed by atoms with Crippen molar-refractivity contribution in [1.82, 2.24) is 9.88 Å². The normalized spacial score (nSPS) is 12.5. The van der Waals surface area contributed by atoms with Crippen LogP contribution in [0.5, 0.6) is 0 Å². The summed E-state index contributed by atoms with van der Waals surface area (Å²) >= 11 is 5.95. The molecule has 0 saturated heterocycles. The van der Waals surface area contributed by atoms with E-state index >= 15 is 0 Å². The third-order valence-electron chi connectivity index (χ3n) is 2.11. The molecule has 94 valence electrons. The van der Waals surface area contributed by atoms with Crippen LogP contribution in [-0.4, -0.2) is 47.6 Å². The number of hydrogen-bond acceptors (Lipinski definition) is 4. The van der Waals surface area contributed by atoms with Gasteiger partial charge in [-0.2, -0.15) is 0 Å². The average molecular weight is 258 g/mol. The largest absolute Gasteiger partial charge is 0.478 e. The van der Waals surface area contributed by atoms with Gasteiger partial charge in [-0.3, -0.25) is 0 Å². The molecule has 5 nitrogen and oxygen atoms in total. The zero-order valence-corrected chi connectivity index (χ0v) is 10.8. The Kier molecular flexibility index (Phi) is 4.72. The Hall–Kier alpha value is -1.33. The van der Waals surface area contributed by atoms with E-state index in [1.54, 1.807) is 0 Å². The van der Waals surface area contributed by atoms with Crippen molar-refractivity contribution >= 4 is 23.4 Å². The van der Waals surface area contributed by atoms with E-state index in [2.05, 4.69) is 10.3 Å². The second-order valence-corrected chi connectivity index (χ2v) is 4.57. The summed E-state index contributed by atoms with van der Waals surface area (Å²) in [7, 11) is 3.95. The van der Waals surface area contributed by atoms with Crippen LogP contribution in [0.4, 0.5) is 5.82 Å². The summed E-state index contributed by atoms with van der Waals surface area (Å²) in [5.74, 6) is -0.529. The molecular weight excluding hydrogens is 242 g/mol. The number of carbonyl (C=O) groups is 1. The van der Waals surface area contributed by atoms with E-state index in [0.29, 0.717) is 10.8 Å². The molecule has 0 aromatic carbocycles. The van der Waals surface area contributed by atoms with Crippen molar-refractivity contribution in [3.63, 3.8) is 0 Å². The van der Waals surface area contributed by atoms with Crippen LogP contribution in [0.25, 0.3) is 0 Å². The number of hydrogen-bond donors (Lipinski definition) is 2. The third kappa shape index (κ3) is 4.20. The smallest absolute Gasteiger partial charge is 0.337 e. The molecule has 1 aromatic heterocycles. The lowest BCUT2D eigenvalue weighted by molar-refractivity contribution is 0.0696. The molecule has 17 heavy (non-hydrogen) atoms.